The highest BCUT2D eigenvalue weighted by atomic mass is 16.5. The molecule has 2 fully saturated rings. The first-order valence-electron chi connectivity index (χ1n) is 9.08. The van der Waals surface area contributed by atoms with Crippen LogP contribution in [-0.2, 0) is 11.2 Å². The topological polar surface area (TPSA) is 46.5 Å². The van der Waals surface area contributed by atoms with Crippen LogP contribution in [0.25, 0.3) is 0 Å². The molecule has 0 amide bonds. The molecule has 3 heteroatoms. The highest BCUT2D eigenvalue weighted by Gasteiger charge is 2.74. The fraction of sp³-hybridized carbons (Fsp3) is 0.571. The van der Waals surface area contributed by atoms with Gasteiger partial charge >= 0.3 is 0 Å². The van der Waals surface area contributed by atoms with E-state index in [4.69, 9.17) is 4.74 Å². The zero-order valence-corrected chi connectivity index (χ0v) is 14.3. The molecule has 2 bridgehead atoms. The summed E-state index contributed by atoms with van der Waals surface area (Å²) in [6.07, 6.45) is 8.64. The van der Waals surface area contributed by atoms with Gasteiger partial charge in [0.25, 0.3) is 0 Å². The number of allylic oxidation sites excluding steroid dienone is 1. The Labute approximate surface area is 142 Å². The molecule has 0 unspecified atom stereocenters. The van der Waals surface area contributed by atoms with Crippen molar-refractivity contribution in [3.05, 3.63) is 41.5 Å². The third-order valence-corrected chi connectivity index (χ3v) is 7.95. The van der Waals surface area contributed by atoms with E-state index < -0.39 is 5.60 Å². The number of Topliss-reactive ketones (excluding diaryl/α,β-unsaturated/α-hetero) is 1. The van der Waals surface area contributed by atoms with Gasteiger partial charge < -0.3 is 9.84 Å². The lowest BCUT2D eigenvalue weighted by molar-refractivity contribution is -0.138. The molecule has 0 radical (unpaired) electrons. The van der Waals surface area contributed by atoms with Crippen molar-refractivity contribution >= 4 is 5.78 Å². The molecule has 0 aromatic heterocycles. The quantitative estimate of drug-likeness (QED) is 0.805. The Morgan fingerprint density at radius 3 is 2.83 bits per heavy atom. The molecule has 5 atom stereocenters. The summed E-state index contributed by atoms with van der Waals surface area (Å²) in [4.78, 5) is 12.6. The standard InChI is InChI=1S/C21H24O3/c1-19-8-7-16-15-5-4-14(24-2)11-13(15)3-6-17(16)20(19)9-10-21(19,23)18(22)12-20/h4-5,9-11,16-17,23H,3,6-8,12H2,1-2H3/t16-,17+,19+,20+,21-/m1/s1. The molecular formula is C21H24O3. The number of ether oxygens (including phenoxy) is 1. The summed E-state index contributed by atoms with van der Waals surface area (Å²) in [5, 5.41) is 11.1. The van der Waals surface area contributed by atoms with Gasteiger partial charge in [0.15, 0.2) is 5.78 Å². The third kappa shape index (κ3) is 1.39. The summed E-state index contributed by atoms with van der Waals surface area (Å²) in [5.41, 5.74) is 1.14. The number of rotatable bonds is 1. The van der Waals surface area contributed by atoms with Gasteiger partial charge in [-0.05, 0) is 66.9 Å². The average Bonchev–Trinajstić information content (AvgIpc) is 2.93. The van der Waals surface area contributed by atoms with Crippen molar-refractivity contribution < 1.29 is 14.6 Å². The lowest BCUT2D eigenvalue weighted by Crippen LogP contribution is -2.53. The minimum atomic E-state index is -1.22. The number of carbonyl (C=O) groups excluding carboxylic acids is 1. The normalized spacial score (nSPS) is 44.9. The predicted octanol–water partition coefficient (Wildman–Crippen LogP) is 3.40. The van der Waals surface area contributed by atoms with Crippen molar-refractivity contribution in [3.8, 4) is 5.75 Å². The van der Waals surface area contributed by atoms with Crippen molar-refractivity contribution in [3.63, 3.8) is 0 Å². The van der Waals surface area contributed by atoms with Gasteiger partial charge in [-0.15, -0.1) is 0 Å². The lowest BCUT2D eigenvalue weighted by Gasteiger charge is -2.55. The van der Waals surface area contributed by atoms with Gasteiger partial charge in [-0.2, -0.15) is 0 Å². The molecule has 0 spiro atoms. The van der Waals surface area contributed by atoms with E-state index in [0.717, 1.165) is 31.4 Å². The summed E-state index contributed by atoms with van der Waals surface area (Å²) in [6.45, 7) is 2.15. The van der Waals surface area contributed by atoms with Gasteiger partial charge in [0.1, 0.15) is 11.4 Å². The molecule has 4 aliphatic rings. The Bertz CT molecular complexity index is 781. The van der Waals surface area contributed by atoms with E-state index in [1.165, 1.54) is 11.1 Å². The number of fused-ring (bicyclic) bond motifs is 3. The van der Waals surface area contributed by atoms with Crippen LogP contribution in [-0.4, -0.2) is 23.6 Å². The lowest BCUT2D eigenvalue weighted by atomic mass is 9.48. The maximum atomic E-state index is 12.6. The first-order valence-corrected chi connectivity index (χ1v) is 9.08. The predicted molar refractivity (Wildman–Crippen MR) is 91.0 cm³/mol. The van der Waals surface area contributed by atoms with Crippen LogP contribution in [0.4, 0.5) is 0 Å². The van der Waals surface area contributed by atoms with Crippen LogP contribution in [0.15, 0.2) is 30.4 Å². The molecule has 1 N–H and O–H groups in total. The van der Waals surface area contributed by atoms with Crippen LogP contribution < -0.4 is 4.74 Å². The van der Waals surface area contributed by atoms with Crippen LogP contribution in [0.3, 0.4) is 0 Å². The summed E-state index contributed by atoms with van der Waals surface area (Å²) < 4.78 is 5.39. The van der Waals surface area contributed by atoms with Crippen LogP contribution in [0, 0.1) is 16.7 Å². The number of methoxy groups -OCH3 is 1. The van der Waals surface area contributed by atoms with Gasteiger partial charge in [0.05, 0.1) is 7.11 Å². The fourth-order valence-corrected chi connectivity index (χ4v) is 6.57. The highest BCUT2D eigenvalue weighted by Crippen LogP contribution is 2.73. The smallest absolute Gasteiger partial charge is 0.169 e. The van der Waals surface area contributed by atoms with Gasteiger partial charge in [0, 0.05) is 17.3 Å². The zero-order chi connectivity index (χ0) is 16.7. The van der Waals surface area contributed by atoms with E-state index in [2.05, 4.69) is 31.2 Å². The largest absolute Gasteiger partial charge is 0.497 e. The molecule has 5 rings (SSSR count). The van der Waals surface area contributed by atoms with E-state index in [1.807, 2.05) is 6.08 Å². The molecule has 2 saturated carbocycles. The Morgan fingerprint density at radius 1 is 1.25 bits per heavy atom. The number of ketones is 1. The van der Waals surface area contributed by atoms with E-state index in [9.17, 15) is 9.90 Å². The van der Waals surface area contributed by atoms with Crippen LogP contribution in [0.5, 0.6) is 5.75 Å². The molecular weight excluding hydrogens is 300 g/mol. The maximum Gasteiger partial charge on any atom is 0.169 e. The monoisotopic (exact) mass is 324 g/mol. The van der Waals surface area contributed by atoms with Gasteiger partial charge in [-0.1, -0.05) is 19.1 Å². The first-order chi connectivity index (χ1) is 11.5. The second-order valence-corrected chi connectivity index (χ2v) is 8.43. The number of hydrogen-bond donors (Lipinski definition) is 1. The minimum absolute atomic E-state index is 0.0358. The first kappa shape index (κ1) is 14.7. The van der Waals surface area contributed by atoms with Gasteiger partial charge in [0.2, 0.25) is 0 Å². The Morgan fingerprint density at radius 2 is 2.08 bits per heavy atom. The third-order valence-electron chi connectivity index (χ3n) is 7.95. The fourth-order valence-electron chi connectivity index (χ4n) is 6.57. The molecule has 24 heavy (non-hydrogen) atoms. The number of benzene rings is 1. The van der Waals surface area contributed by atoms with E-state index >= 15 is 0 Å². The molecule has 0 aliphatic heterocycles. The Balaban J connectivity index is 1.62. The molecule has 3 nitrogen and oxygen atoms in total. The number of carbonyl (C=O) groups is 1. The Hall–Kier alpha value is -1.61. The van der Waals surface area contributed by atoms with Crippen molar-refractivity contribution in [2.24, 2.45) is 16.7 Å². The minimum Gasteiger partial charge on any atom is -0.497 e. The van der Waals surface area contributed by atoms with E-state index in [0.29, 0.717) is 18.3 Å². The molecule has 0 saturated heterocycles. The van der Waals surface area contributed by atoms with Crippen LogP contribution in [0.1, 0.15) is 49.7 Å². The SMILES string of the molecule is COc1ccc2c(c1)CC[C@H]1[C@@H]2CC[C@]2(C)[C@@]3(O)C=C[C@]12CC3=O. The average molecular weight is 324 g/mol. The number of hydrogen-bond acceptors (Lipinski definition) is 3. The molecule has 0 heterocycles. The van der Waals surface area contributed by atoms with Gasteiger partial charge in [-0.25, -0.2) is 0 Å². The highest BCUT2D eigenvalue weighted by molar-refractivity contribution is 5.96. The summed E-state index contributed by atoms with van der Waals surface area (Å²) in [7, 11) is 1.71. The summed E-state index contributed by atoms with van der Waals surface area (Å²) >= 11 is 0. The number of aliphatic hydroxyl groups is 1. The van der Waals surface area contributed by atoms with Crippen molar-refractivity contribution in [2.45, 2.75) is 50.5 Å². The zero-order valence-electron chi connectivity index (χ0n) is 14.3. The molecule has 1 aromatic carbocycles. The summed E-state index contributed by atoms with van der Waals surface area (Å²) in [5.74, 6) is 1.91. The summed E-state index contributed by atoms with van der Waals surface area (Å²) in [6, 6.07) is 6.47. The van der Waals surface area contributed by atoms with Gasteiger partial charge in [-0.3, -0.25) is 4.79 Å². The molecule has 1 aromatic rings. The second-order valence-electron chi connectivity index (χ2n) is 8.43. The van der Waals surface area contributed by atoms with Crippen LogP contribution in [0.2, 0.25) is 0 Å². The van der Waals surface area contributed by atoms with Crippen molar-refractivity contribution in [1.29, 1.82) is 0 Å². The molecule has 4 aliphatic carbocycles. The molecule has 126 valence electrons. The van der Waals surface area contributed by atoms with Crippen molar-refractivity contribution in [2.75, 3.05) is 7.11 Å². The maximum absolute atomic E-state index is 12.6. The Kier molecular flexibility index (Phi) is 2.65. The van der Waals surface area contributed by atoms with E-state index in [1.54, 1.807) is 7.11 Å². The van der Waals surface area contributed by atoms with Crippen LogP contribution >= 0.6 is 0 Å². The second kappa shape index (κ2) is 4.32. The van der Waals surface area contributed by atoms with E-state index in [-0.39, 0.29) is 16.6 Å². The van der Waals surface area contributed by atoms with Crippen molar-refractivity contribution in [1.82, 2.24) is 0 Å². The number of aryl methyl sites for hydroxylation is 1.